The number of hydrogen-bond donors (Lipinski definition) is 2. The molecular weight excluding hydrogens is 206 g/mol. The van der Waals surface area contributed by atoms with E-state index in [2.05, 4.69) is 13.8 Å². The summed E-state index contributed by atoms with van der Waals surface area (Å²) in [5, 5.41) is 8.86. The van der Waals surface area contributed by atoms with E-state index >= 15 is 0 Å². The van der Waals surface area contributed by atoms with Crippen molar-refractivity contribution in [1.82, 2.24) is 0 Å². The molecule has 0 radical (unpaired) electrons. The molecule has 1 rings (SSSR count). The average Bonchev–Trinajstić information content (AvgIpc) is 2.21. The number of carbonyl (C=O) groups is 1. The second-order valence-corrected chi connectivity index (χ2v) is 5.65. The van der Waals surface area contributed by atoms with Crippen LogP contribution in [0, 0.1) is 5.41 Å². The highest BCUT2D eigenvalue weighted by Crippen LogP contribution is 2.41. The Morgan fingerprint density at radius 1 is 1.38 bits per heavy atom. The Kier molecular flexibility index (Phi) is 3.97. The van der Waals surface area contributed by atoms with Crippen molar-refractivity contribution in [3.63, 3.8) is 0 Å². The van der Waals surface area contributed by atoms with Crippen molar-refractivity contribution in [3.05, 3.63) is 0 Å². The summed E-state index contributed by atoms with van der Waals surface area (Å²) in [5.74, 6) is -0.919. The van der Waals surface area contributed by atoms with E-state index in [0.717, 1.165) is 25.7 Å². The smallest absolute Gasteiger partial charge is 0.332 e. The van der Waals surface area contributed by atoms with Crippen LogP contribution in [-0.4, -0.2) is 29.3 Å². The number of hydrogen-bond acceptors (Lipinski definition) is 3. The van der Waals surface area contributed by atoms with Crippen LogP contribution in [0.3, 0.4) is 0 Å². The van der Waals surface area contributed by atoms with Gasteiger partial charge in [0.15, 0.2) is 6.10 Å². The van der Waals surface area contributed by atoms with Gasteiger partial charge in [0.1, 0.15) is 0 Å². The number of aliphatic carboxylic acids is 1. The van der Waals surface area contributed by atoms with Gasteiger partial charge in [-0.15, -0.1) is 0 Å². The predicted molar refractivity (Wildman–Crippen MR) is 62.2 cm³/mol. The Morgan fingerprint density at radius 2 is 1.88 bits per heavy atom. The van der Waals surface area contributed by atoms with Crippen molar-refractivity contribution in [1.29, 1.82) is 0 Å². The van der Waals surface area contributed by atoms with Crippen molar-refractivity contribution < 1.29 is 14.6 Å². The molecule has 1 fully saturated rings. The lowest BCUT2D eigenvalue weighted by atomic mass is 9.71. The number of ether oxygens (including phenoxy) is 1. The third-order valence-corrected chi connectivity index (χ3v) is 3.66. The van der Waals surface area contributed by atoms with Gasteiger partial charge >= 0.3 is 5.97 Å². The first-order chi connectivity index (χ1) is 7.30. The Labute approximate surface area is 97.2 Å². The average molecular weight is 229 g/mol. The Balaban J connectivity index is 2.63. The molecule has 0 aromatic carbocycles. The standard InChI is InChI=1S/C12H23NO3/c1-9(10(14)15)16-12(8-13)6-4-11(2,3)5-7-12/h9H,4-8,13H2,1-3H3,(H,14,15). The van der Waals surface area contributed by atoms with Crippen LogP contribution in [0.25, 0.3) is 0 Å². The Bertz CT molecular complexity index is 253. The molecule has 0 aromatic rings. The molecule has 94 valence electrons. The second kappa shape index (κ2) is 4.72. The van der Waals surface area contributed by atoms with Crippen molar-refractivity contribution in [2.75, 3.05) is 6.54 Å². The molecule has 4 heteroatoms. The molecule has 4 nitrogen and oxygen atoms in total. The minimum Gasteiger partial charge on any atom is -0.479 e. The van der Waals surface area contributed by atoms with Gasteiger partial charge in [-0.25, -0.2) is 4.79 Å². The maximum atomic E-state index is 10.8. The molecule has 0 saturated heterocycles. The number of carboxylic acid groups (broad SMARTS) is 1. The molecular formula is C12H23NO3. The number of rotatable bonds is 4. The normalized spacial score (nSPS) is 25.0. The van der Waals surface area contributed by atoms with Gasteiger partial charge in [0.25, 0.3) is 0 Å². The van der Waals surface area contributed by atoms with Gasteiger partial charge in [-0.3, -0.25) is 0 Å². The fourth-order valence-electron chi connectivity index (χ4n) is 2.18. The van der Waals surface area contributed by atoms with Crippen molar-refractivity contribution in [2.45, 2.75) is 58.2 Å². The molecule has 3 N–H and O–H groups in total. The van der Waals surface area contributed by atoms with Crippen LogP contribution < -0.4 is 5.73 Å². The number of carboxylic acids is 1. The van der Waals surface area contributed by atoms with Crippen LogP contribution in [0.1, 0.15) is 46.5 Å². The first kappa shape index (κ1) is 13.5. The second-order valence-electron chi connectivity index (χ2n) is 5.65. The zero-order valence-electron chi connectivity index (χ0n) is 10.5. The van der Waals surface area contributed by atoms with Gasteiger partial charge < -0.3 is 15.6 Å². The lowest BCUT2D eigenvalue weighted by Gasteiger charge is -2.43. The maximum absolute atomic E-state index is 10.8. The van der Waals surface area contributed by atoms with E-state index in [1.54, 1.807) is 6.92 Å². The molecule has 0 aliphatic heterocycles. The minimum absolute atomic E-state index is 0.328. The number of nitrogens with two attached hydrogens (primary N) is 1. The highest BCUT2D eigenvalue weighted by molar-refractivity contribution is 5.71. The third kappa shape index (κ3) is 3.19. The fraction of sp³-hybridized carbons (Fsp3) is 0.917. The van der Waals surface area contributed by atoms with Crippen molar-refractivity contribution in [3.8, 4) is 0 Å². The molecule has 1 aliphatic rings. The van der Waals surface area contributed by atoms with Crippen LogP contribution in [0.2, 0.25) is 0 Å². The highest BCUT2D eigenvalue weighted by Gasteiger charge is 2.40. The summed E-state index contributed by atoms with van der Waals surface area (Å²) in [4.78, 5) is 10.8. The maximum Gasteiger partial charge on any atom is 0.332 e. The summed E-state index contributed by atoms with van der Waals surface area (Å²) < 4.78 is 5.66. The Hall–Kier alpha value is -0.610. The highest BCUT2D eigenvalue weighted by atomic mass is 16.5. The van der Waals surface area contributed by atoms with Crippen LogP contribution in [0.5, 0.6) is 0 Å². The van der Waals surface area contributed by atoms with Gasteiger partial charge in [0, 0.05) is 6.54 Å². The van der Waals surface area contributed by atoms with Crippen LogP contribution in [0.15, 0.2) is 0 Å². The molecule has 0 aromatic heterocycles. The molecule has 0 spiro atoms. The summed E-state index contributed by atoms with van der Waals surface area (Å²) in [6.45, 7) is 6.43. The molecule has 0 heterocycles. The predicted octanol–water partition coefficient (Wildman–Crippen LogP) is 1.77. The largest absolute Gasteiger partial charge is 0.479 e. The monoisotopic (exact) mass is 229 g/mol. The molecule has 1 unspecified atom stereocenters. The molecule has 1 saturated carbocycles. The summed E-state index contributed by atoms with van der Waals surface area (Å²) in [7, 11) is 0. The van der Waals surface area contributed by atoms with Gasteiger partial charge in [-0.05, 0) is 38.0 Å². The summed E-state index contributed by atoms with van der Waals surface area (Å²) in [5.41, 5.74) is 5.66. The lowest BCUT2D eigenvalue weighted by Crippen LogP contribution is -2.48. The zero-order chi connectivity index (χ0) is 12.4. The lowest BCUT2D eigenvalue weighted by molar-refractivity contribution is -0.167. The Morgan fingerprint density at radius 3 is 2.25 bits per heavy atom. The molecule has 1 atom stereocenters. The van der Waals surface area contributed by atoms with E-state index in [0.29, 0.717) is 12.0 Å². The SMILES string of the molecule is CC(OC1(CN)CCC(C)(C)CC1)C(=O)O. The van der Waals surface area contributed by atoms with Gasteiger partial charge in [-0.2, -0.15) is 0 Å². The van der Waals surface area contributed by atoms with E-state index in [1.807, 2.05) is 0 Å². The topological polar surface area (TPSA) is 72.5 Å². The van der Waals surface area contributed by atoms with E-state index in [1.165, 1.54) is 0 Å². The first-order valence-electron chi connectivity index (χ1n) is 5.91. The van der Waals surface area contributed by atoms with E-state index in [4.69, 9.17) is 15.6 Å². The summed E-state index contributed by atoms with van der Waals surface area (Å²) >= 11 is 0. The summed E-state index contributed by atoms with van der Waals surface area (Å²) in [6.07, 6.45) is 3.01. The van der Waals surface area contributed by atoms with Crippen LogP contribution in [0.4, 0.5) is 0 Å². The van der Waals surface area contributed by atoms with Crippen LogP contribution >= 0.6 is 0 Å². The van der Waals surface area contributed by atoms with Gasteiger partial charge in [0.05, 0.1) is 5.60 Å². The van der Waals surface area contributed by atoms with E-state index in [-0.39, 0.29) is 0 Å². The van der Waals surface area contributed by atoms with E-state index in [9.17, 15) is 4.79 Å². The molecule has 0 amide bonds. The molecule has 16 heavy (non-hydrogen) atoms. The van der Waals surface area contributed by atoms with Crippen molar-refractivity contribution in [2.24, 2.45) is 11.1 Å². The minimum atomic E-state index is -0.919. The van der Waals surface area contributed by atoms with Crippen LogP contribution in [-0.2, 0) is 9.53 Å². The quantitative estimate of drug-likeness (QED) is 0.770. The third-order valence-electron chi connectivity index (χ3n) is 3.66. The van der Waals surface area contributed by atoms with Gasteiger partial charge in [0.2, 0.25) is 0 Å². The van der Waals surface area contributed by atoms with E-state index < -0.39 is 17.7 Å². The van der Waals surface area contributed by atoms with Gasteiger partial charge in [-0.1, -0.05) is 13.8 Å². The molecule has 0 bridgehead atoms. The fourth-order valence-corrected chi connectivity index (χ4v) is 2.18. The summed E-state index contributed by atoms with van der Waals surface area (Å²) in [6, 6.07) is 0. The molecule has 1 aliphatic carbocycles. The van der Waals surface area contributed by atoms with Crippen molar-refractivity contribution >= 4 is 5.97 Å². The first-order valence-corrected chi connectivity index (χ1v) is 5.91. The zero-order valence-corrected chi connectivity index (χ0v) is 10.5.